The lowest BCUT2D eigenvalue weighted by Crippen LogP contribution is -2.45. The lowest BCUT2D eigenvalue weighted by molar-refractivity contribution is -0.125. The number of nitrogens with one attached hydrogen (secondary N) is 2. The predicted octanol–water partition coefficient (Wildman–Crippen LogP) is 3.05. The molecule has 2 N–H and O–H groups in total. The molecular formula is C22H25N3O4S. The fraction of sp³-hybridized carbons (Fsp3) is 0.318. The van der Waals surface area contributed by atoms with Gasteiger partial charge in [-0.1, -0.05) is 19.1 Å². The van der Waals surface area contributed by atoms with Crippen LogP contribution in [-0.4, -0.2) is 43.7 Å². The van der Waals surface area contributed by atoms with Crippen molar-refractivity contribution in [1.29, 1.82) is 0 Å². The molecule has 1 aliphatic heterocycles. The summed E-state index contributed by atoms with van der Waals surface area (Å²) in [5.74, 6) is 0.598. The number of carbonyl (C=O) groups excluding carboxylic acids is 3. The van der Waals surface area contributed by atoms with Crippen molar-refractivity contribution < 1.29 is 19.1 Å². The highest BCUT2D eigenvalue weighted by molar-refractivity contribution is 7.97. The third-order valence-corrected chi connectivity index (χ3v) is 5.18. The van der Waals surface area contributed by atoms with Crippen LogP contribution in [0.2, 0.25) is 0 Å². The molecule has 0 aliphatic carbocycles. The predicted molar refractivity (Wildman–Crippen MR) is 119 cm³/mol. The van der Waals surface area contributed by atoms with Gasteiger partial charge < -0.3 is 15.4 Å². The Kier molecular flexibility index (Phi) is 7.35. The van der Waals surface area contributed by atoms with Crippen LogP contribution < -0.4 is 20.3 Å². The first kappa shape index (κ1) is 21.7. The van der Waals surface area contributed by atoms with Gasteiger partial charge in [0, 0.05) is 23.5 Å². The Morgan fingerprint density at radius 2 is 1.93 bits per heavy atom. The van der Waals surface area contributed by atoms with Gasteiger partial charge in [0.25, 0.3) is 11.8 Å². The van der Waals surface area contributed by atoms with E-state index >= 15 is 0 Å². The summed E-state index contributed by atoms with van der Waals surface area (Å²) in [6, 6.07) is 12.5. The highest BCUT2D eigenvalue weighted by atomic mass is 32.2. The van der Waals surface area contributed by atoms with Gasteiger partial charge in [0.15, 0.2) is 6.61 Å². The van der Waals surface area contributed by atoms with Crippen molar-refractivity contribution in [2.24, 2.45) is 0 Å². The average molecular weight is 428 g/mol. The average Bonchev–Trinajstić information content (AvgIpc) is 2.75. The Balaban J connectivity index is 1.75. The van der Waals surface area contributed by atoms with Crippen LogP contribution in [0.3, 0.4) is 0 Å². The fourth-order valence-corrected chi connectivity index (χ4v) is 3.57. The van der Waals surface area contributed by atoms with Crippen LogP contribution in [0, 0.1) is 0 Å². The second-order valence-corrected chi connectivity index (χ2v) is 7.75. The molecular weight excluding hydrogens is 402 g/mol. The van der Waals surface area contributed by atoms with Crippen LogP contribution in [0.1, 0.15) is 29.3 Å². The molecule has 0 bridgehead atoms. The quantitative estimate of drug-likeness (QED) is 0.676. The van der Waals surface area contributed by atoms with E-state index in [0.29, 0.717) is 29.2 Å². The van der Waals surface area contributed by atoms with Crippen LogP contribution in [-0.2, 0) is 15.3 Å². The van der Waals surface area contributed by atoms with Crippen LogP contribution >= 0.6 is 11.8 Å². The summed E-state index contributed by atoms with van der Waals surface area (Å²) < 4.78 is 5.47. The van der Waals surface area contributed by atoms with Gasteiger partial charge in [-0.3, -0.25) is 19.3 Å². The second-order valence-electron chi connectivity index (χ2n) is 6.89. The zero-order chi connectivity index (χ0) is 21.5. The number of fused-ring (bicyclic) bond motifs is 1. The van der Waals surface area contributed by atoms with Crippen molar-refractivity contribution in [2.75, 3.05) is 36.2 Å². The van der Waals surface area contributed by atoms with Gasteiger partial charge in [0.05, 0.1) is 5.69 Å². The van der Waals surface area contributed by atoms with Gasteiger partial charge in [-0.15, -0.1) is 0 Å². The summed E-state index contributed by atoms with van der Waals surface area (Å²) in [5, 5.41) is 5.61. The minimum absolute atomic E-state index is 0.0938. The van der Waals surface area contributed by atoms with Gasteiger partial charge in [-0.05, 0) is 48.6 Å². The molecule has 3 amide bonds. The maximum atomic E-state index is 12.6. The molecule has 1 heterocycles. The molecule has 3 rings (SSSR count). The van der Waals surface area contributed by atoms with E-state index in [1.54, 1.807) is 42.1 Å². The van der Waals surface area contributed by atoms with Crippen molar-refractivity contribution in [3.63, 3.8) is 0 Å². The van der Waals surface area contributed by atoms with Crippen LogP contribution in [0.15, 0.2) is 42.5 Å². The van der Waals surface area contributed by atoms with E-state index in [4.69, 9.17) is 4.74 Å². The van der Waals surface area contributed by atoms with E-state index in [0.717, 1.165) is 17.7 Å². The molecule has 30 heavy (non-hydrogen) atoms. The number of hydrogen-bond acceptors (Lipinski definition) is 5. The molecule has 0 spiro atoms. The number of hydrogen-bond donors (Lipinski definition) is 2. The Hall–Kier alpha value is -3.00. The first-order valence-electron chi connectivity index (χ1n) is 9.75. The van der Waals surface area contributed by atoms with Gasteiger partial charge in [0.1, 0.15) is 12.3 Å². The Labute approximate surface area is 180 Å². The highest BCUT2D eigenvalue weighted by Crippen LogP contribution is 2.34. The number of nitrogens with zero attached hydrogens (tertiary/aromatic N) is 1. The maximum Gasteiger partial charge on any atom is 0.265 e. The molecule has 0 fully saturated rings. The molecule has 158 valence electrons. The van der Waals surface area contributed by atoms with E-state index in [2.05, 4.69) is 10.6 Å². The lowest BCUT2D eigenvalue weighted by Gasteiger charge is -2.29. The normalized spacial score (nSPS) is 12.7. The number of amides is 3. The molecule has 0 aromatic heterocycles. The summed E-state index contributed by atoms with van der Waals surface area (Å²) in [6.07, 6.45) is 2.84. The van der Waals surface area contributed by atoms with E-state index < -0.39 is 0 Å². The minimum Gasteiger partial charge on any atom is -0.482 e. The zero-order valence-electron chi connectivity index (χ0n) is 17.1. The van der Waals surface area contributed by atoms with Gasteiger partial charge in [-0.25, -0.2) is 0 Å². The Morgan fingerprint density at radius 3 is 2.63 bits per heavy atom. The lowest BCUT2D eigenvalue weighted by atomic mass is 10.1. The molecule has 7 nitrogen and oxygen atoms in total. The van der Waals surface area contributed by atoms with Crippen molar-refractivity contribution in [3.8, 4) is 5.75 Å². The summed E-state index contributed by atoms with van der Waals surface area (Å²) in [6.45, 7) is 2.29. The van der Waals surface area contributed by atoms with Crippen LogP contribution in [0.5, 0.6) is 5.75 Å². The Morgan fingerprint density at radius 1 is 1.17 bits per heavy atom. The number of anilines is 2. The summed E-state index contributed by atoms with van der Waals surface area (Å²) in [5.41, 5.74) is 2.68. The van der Waals surface area contributed by atoms with Crippen molar-refractivity contribution in [3.05, 3.63) is 53.6 Å². The molecule has 0 radical (unpaired) electrons. The third kappa shape index (κ3) is 5.33. The van der Waals surface area contributed by atoms with E-state index in [9.17, 15) is 14.4 Å². The first-order valence-corrected chi connectivity index (χ1v) is 11.1. The molecule has 0 unspecified atom stereocenters. The first-order chi connectivity index (χ1) is 14.5. The Bertz CT molecular complexity index is 930. The van der Waals surface area contributed by atoms with E-state index in [1.807, 2.05) is 25.3 Å². The van der Waals surface area contributed by atoms with Gasteiger partial charge >= 0.3 is 0 Å². The summed E-state index contributed by atoms with van der Waals surface area (Å²) in [7, 11) is 0. The van der Waals surface area contributed by atoms with Gasteiger partial charge in [0.2, 0.25) is 5.91 Å². The number of benzene rings is 2. The molecule has 8 heteroatoms. The number of ether oxygens (including phenoxy) is 1. The molecule has 0 saturated heterocycles. The number of carbonyl (C=O) groups is 3. The van der Waals surface area contributed by atoms with E-state index in [1.165, 1.54) is 4.90 Å². The maximum absolute atomic E-state index is 12.6. The van der Waals surface area contributed by atoms with Crippen molar-refractivity contribution >= 4 is 40.9 Å². The van der Waals surface area contributed by atoms with Crippen LogP contribution in [0.25, 0.3) is 0 Å². The molecule has 0 atom stereocenters. The molecule has 2 aromatic rings. The minimum atomic E-state index is -0.304. The number of thioether (sulfide) groups is 1. The second kappa shape index (κ2) is 10.2. The molecule has 1 aliphatic rings. The third-order valence-electron chi connectivity index (χ3n) is 4.56. The number of rotatable bonds is 8. The molecule has 0 saturated carbocycles. The SMILES string of the molecule is CCCNC(=O)CN1C(=O)COc2ccc(NC(=O)c3ccc(CSC)cc3)cc21. The van der Waals surface area contributed by atoms with Gasteiger partial charge in [-0.2, -0.15) is 11.8 Å². The van der Waals surface area contributed by atoms with Crippen LogP contribution in [0.4, 0.5) is 11.4 Å². The topological polar surface area (TPSA) is 87.7 Å². The largest absolute Gasteiger partial charge is 0.482 e. The fourth-order valence-electron chi connectivity index (χ4n) is 3.04. The van der Waals surface area contributed by atoms with E-state index in [-0.39, 0.29) is 30.9 Å². The summed E-state index contributed by atoms with van der Waals surface area (Å²) in [4.78, 5) is 38.5. The monoisotopic (exact) mass is 427 g/mol. The zero-order valence-corrected chi connectivity index (χ0v) is 17.9. The standard InChI is InChI=1S/C22H25N3O4S/c1-3-10-23-20(26)12-25-18-11-17(8-9-19(18)29-13-21(25)27)24-22(28)16-6-4-15(5-7-16)14-30-2/h4-9,11H,3,10,12-14H2,1-2H3,(H,23,26)(H,24,28). The van der Waals surface area contributed by atoms with Crippen molar-refractivity contribution in [1.82, 2.24) is 5.32 Å². The molecule has 2 aromatic carbocycles. The summed E-state index contributed by atoms with van der Waals surface area (Å²) >= 11 is 1.72. The highest BCUT2D eigenvalue weighted by Gasteiger charge is 2.27. The smallest absolute Gasteiger partial charge is 0.265 e. The van der Waals surface area contributed by atoms with Crippen molar-refractivity contribution in [2.45, 2.75) is 19.1 Å².